The molecule has 150 valence electrons. The summed E-state index contributed by atoms with van der Waals surface area (Å²) in [5, 5.41) is 2.92. The summed E-state index contributed by atoms with van der Waals surface area (Å²) < 4.78 is 25.4. The molecule has 0 spiro atoms. The first-order valence-corrected chi connectivity index (χ1v) is 11.4. The zero-order valence-electron chi connectivity index (χ0n) is 16.2. The van der Waals surface area contributed by atoms with Crippen molar-refractivity contribution in [3.8, 4) is 0 Å². The van der Waals surface area contributed by atoms with Gasteiger partial charge in [-0.05, 0) is 39.0 Å². The van der Waals surface area contributed by atoms with Gasteiger partial charge in [0.1, 0.15) is 5.69 Å². The van der Waals surface area contributed by atoms with Crippen LogP contribution >= 0.6 is 0 Å². The number of hydrogen-bond acceptors (Lipinski definition) is 5. The summed E-state index contributed by atoms with van der Waals surface area (Å²) in [7, 11) is -1.46. The average Bonchev–Trinajstić information content (AvgIpc) is 3.20. The molecule has 1 N–H and O–H groups in total. The molecular formula is C18H28N4O4S. The van der Waals surface area contributed by atoms with Crippen molar-refractivity contribution in [1.29, 1.82) is 0 Å². The minimum absolute atomic E-state index is 0.00730. The highest BCUT2D eigenvalue weighted by Gasteiger charge is 2.36. The summed E-state index contributed by atoms with van der Waals surface area (Å²) in [6.07, 6.45) is 3.84. The van der Waals surface area contributed by atoms with Gasteiger partial charge >= 0.3 is 0 Å². The maximum absolute atomic E-state index is 13.1. The molecule has 0 bridgehead atoms. The number of nitrogens with one attached hydrogen (secondary N) is 1. The number of hydrogen-bond donors (Lipinski definition) is 1. The zero-order chi connectivity index (χ0) is 19.8. The Labute approximate surface area is 160 Å². The number of fused-ring (bicyclic) bond motifs is 1. The van der Waals surface area contributed by atoms with Gasteiger partial charge in [0.15, 0.2) is 15.7 Å². The predicted molar refractivity (Wildman–Crippen MR) is 102 cm³/mol. The number of carbonyl (C=O) groups is 2. The number of amides is 2. The minimum Gasteiger partial charge on any atom is -0.347 e. The van der Waals surface area contributed by atoms with Crippen LogP contribution in [0.25, 0.3) is 0 Å². The monoisotopic (exact) mass is 396 g/mol. The van der Waals surface area contributed by atoms with Gasteiger partial charge < -0.3 is 14.8 Å². The first-order valence-electron chi connectivity index (χ1n) is 9.61. The summed E-state index contributed by atoms with van der Waals surface area (Å²) in [5.41, 5.74) is 1.07. The lowest BCUT2D eigenvalue weighted by Gasteiger charge is -2.23. The molecule has 1 aromatic rings. The molecule has 1 aromatic heterocycles. The van der Waals surface area contributed by atoms with Crippen LogP contribution in [0.2, 0.25) is 0 Å². The molecule has 2 aliphatic rings. The zero-order valence-corrected chi connectivity index (χ0v) is 17.0. The Bertz CT molecular complexity index is 846. The quantitative estimate of drug-likeness (QED) is 0.800. The van der Waals surface area contributed by atoms with Crippen LogP contribution in [0.15, 0.2) is 0 Å². The second-order valence-electron chi connectivity index (χ2n) is 7.60. The van der Waals surface area contributed by atoms with E-state index in [1.807, 2.05) is 18.4 Å². The molecular weight excluding hydrogens is 368 g/mol. The van der Waals surface area contributed by atoms with Gasteiger partial charge in [-0.25, -0.2) is 13.4 Å². The van der Waals surface area contributed by atoms with Crippen molar-refractivity contribution in [2.24, 2.45) is 0 Å². The second kappa shape index (κ2) is 7.61. The molecule has 0 saturated carbocycles. The van der Waals surface area contributed by atoms with E-state index < -0.39 is 9.84 Å². The van der Waals surface area contributed by atoms with Gasteiger partial charge in [-0.1, -0.05) is 6.92 Å². The van der Waals surface area contributed by atoms with Gasteiger partial charge in [0.05, 0.1) is 17.2 Å². The molecule has 3 heterocycles. The lowest BCUT2D eigenvalue weighted by Crippen LogP contribution is -2.38. The topological polar surface area (TPSA) is 101 Å². The highest BCUT2D eigenvalue weighted by Crippen LogP contribution is 2.24. The van der Waals surface area contributed by atoms with Crippen molar-refractivity contribution in [3.63, 3.8) is 0 Å². The van der Waals surface area contributed by atoms with Gasteiger partial charge in [-0.15, -0.1) is 0 Å². The Balaban J connectivity index is 1.89. The second-order valence-corrected chi connectivity index (χ2v) is 9.82. The van der Waals surface area contributed by atoms with Crippen LogP contribution in [0.3, 0.4) is 0 Å². The van der Waals surface area contributed by atoms with E-state index in [-0.39, 0.29) is 46.9 Å². The molecule has 0 aliphatic carbocycles. The molecule has 0 radical (unpaired) electrons. The lowest BCUT2D eigenvalue weighted by molar-refractivity contribution is 0.0740. The Morgan fingerprint density at radius 2 is 2.11 bits per heavy atom. The summed E-state index contributed by atoms with van der Waals surface area (Å²) in [6, 6.07) is -0.305. The molecule has 8 nitrogen and oxygen atoms in total. The highest BCUT2D eigenvalue weighted by atomic mass is 32.2. The molecule has 2 unspecified atom stereocenters. The molecule has 1 fully saturated rings. The van der Waals surface area contributed by atoms with Crippen LogP contribution in [0.4, 0.5) is 0 Å². The summed E-state index contributed by atoms with van der Waals surface area (Å²) in [6.45, 7) is 4.59. The third-order valence-corrected chi connectivity index (χ3v) is 7.34. The Morgan fingerprint density at radius 1 is 1.37 bits per heavy atom. The Morgan fingerprint density at radius 3 is 2.74 bits per heavy atom. The van der Waals surface area contributed by atoms with Crippen LogP contribution in [0.1, 0.15) is 66.3 Å². The van der Waals surface area contributed by atoms with Gasteiger partial charge in [-0.3, -0.25) is 9.59 Å². The van der Waals surface area contributed by atoms with Crippen LogP contribution in [-0.2, 0) is 22.8 Å². The summed E-state index contributed by atoms with van der Waals surface area (Å²) >= 11 is 0. The Hall–Kier alpha value is -1.90. The van der Waals surface area contributed by atoms with E-state index in [4.69, 9.17) is 0 Å². The maximum Gasteiger partial charge on any atom is 0.287 e. The van der Waals surface area contributed by atoms with E-state index in [9.17, 15) is 18.0 Å². The van der Waals surface area contributed by atoms with Crippen molar-refractivity contribution >= 4 is 21.7 Å². The van der Waals surface area contributed by atoms with Crippen LogP contribution in [0, 0.1) is 0 Å². The molecule has 2 atom stereocenters. The molecule has 27 heavy (non-hydrogen) atoms. The van der Waals surface area contributed by atoms with Gasteiger partial charge in [-0.2, -0.15) is 0 Å². The number of rotatable bonds is 5. The fourth-order valence-electron chi connectivity index (χ4n) is 3.69. The van der Waals surface area contributed by atoms with Gasteiger partial charge in [0.25, 0.3) is 11.8 Å². The van der Waals surface area contributed by atoms with Crippen molar-refractivity contribution in [2.75, 3.05) is 18.6 Å². The minimum atomic E-state index is -3.08. The average molecular weight is 397 g/mol. The van der Waals surface area contributed by atoms with E-state index in [1.165, 1.54) is 4.90 Å². The molecule has 0 aromatic carbocycles. The van der Waals surface area contributed by atoms with Crippen LogP contribution in [0.5, 0.6) is 0 Å². The van der Waals surface area contributed by atoms with E-state index in [0.29, 0.717) is 19.4 Å². The first kappa shape index (κ1) is 19.9. The predicted octanol–water partition coefficient (Wildman–Crippen LogP) is 1.01. The molecule has 2 amide bonds. The number of carbonyl (C=O) groups excluding carboxylic acids is 2. The summed E-state index contributed by atoms with van der Waals surface area (Å²) in [4.78, 5) is 31.6. The number of nitrogens with zero attached hydrogens (tertiary/aromatic N) is 3. The van der Waals surface area contributed by atoms with Crippen molar-refractivity contribution < 1.29 is 18.0 Å². The largest absolute Gasteiger partial charge is 0.347 e. The van der Waals surface area contributed by atoms with Crippen LogP contribution < -0.4 is 5.32 Å². The standard InChI is InChI=1S/C18H28N4O4S/c1-4-12(2)19-17(23)16-20-15(14-7-5-6-9-22(14)16)18(24)21(3)13-8-10-27(25,26)11-13/h12-13H,4-11H2,1-3H3,(H,19,23). The van der Waals surface area contributed by atoms with E-state index in [0.717, 1.165) is 25.0 Å². The molecule has 3 rings (SSSR count). The SMILES string of the molecule is CCC(C)NC(=O)c1nc(C(=O)N(C)C2CCS(=O)(=O)C2)c2n1CCCC2. The van der Waals surface area contributed by atoms with E-state index >= 15 is 0 Å². The normalized spacial score (nSPS) is 22.1. The van der Waals surface area contributed by atoms with Crippen molar-refractivity contribution in [3.05, 3.63) is 17.2 Å². The maximum atomic E-state index is 13.1. The molecule has 1 saturated heterocycles. The number of sulfone groups is 1. The summed E-state index contributed by atoms with van der Waals surface area (Å²) in [5.74, 6) is -0.185. The number of aromatic nitrogens is 2. The first-order chi connectivity index (χ1) is 12.7. The van der Waals surface area contributed by atoms with E-state index in [1.54, 1.807) is 7.05 Å². The molecule has 9 heteroatoms. The van der Waals surface area contributed by atoms with Crippen molar-refractivity contribution in [2.45, 2.75) is 64.6 Å². The third kappa shape index (κ3) is 4.02. The highest BCUT2D eigenvalue weighted by molar-refractivity contribution is 7.91. The third-order valence-electron chi connectivity index (χ3n) is 5.59. The number of imidazole rings is 1. The fraction of sp³-hybridized carbons (Fsp3) is 0.722. The smallest absolute Gasteiger partial charge is 0.287 e. The van der Waals surface area contributed by atoms with Gasteiger partial charge in [0, 0.05) is 25.7 Å². The molecule has 2 aliphatic heterocycles. The van der Waals surface area contributed by atoms with Gasteiger partial charge in [0.2, 0.25) is 0 Å². The lowest BCUT2D eigenvalue weighted by atomic mass is 10.1. The van der Waals surface area contributed by atoms with Crippen molar-refractivity contribution in [1.82, 2.24) is 19.8 Å². The Kier molecular flexibility index (Phi) is 5.60. The fourth-order valence-corrected chi connectivity index (χ4v) is 5.47. The van der Waals surface area contributed by atoms with E-state index in [2.05, 4.69) is 10.3 Å². The van der Waals surface area contributed by atoms with Crippen LogP contribution in [-0.4, -0.2) is 65.3 Å².